The summed E-state index contributed by atoms with van der Waals surface area (Å²) in [6.45, 7) is 2.44. The van der Waals surface area contributed by atoms with Gasteiger partial charge in [-0.1, -0.05) is 0 Å². The lowest BCUT2D eigenvalue weighted by Crippen LogP contribution is -2.35. The van der Waals surface area contributed by atoms with Crippen LogP contribution in [0.3, 0.4) is 0 Å². The highest BCUT2D eigenvalue weighted by Crippen LogP contribution is 2.33. The van der Waals surface area contributed by atoms with Crippen molar-refractivity contribution in [2.45, 2.75) is 38.4 Å². The van der Waals surface area contributed by atoms with Gasteiger partial charge in [0, 0.05) is 5.56 Å². The van der Waals surface area contributed by atoms with Gasteiger partial charge in [-0.3, -0.25) is 4.79 Å². The predicted molar refractivity (Wildman–Crippen MR) is 71.2 cm³/mol. The molecular formula is C14H18O7. The number of aliphatic hydroxyl groups is 3. The van der Waals surface area contributed by atoms with E-state index in [0.717, 1.165) is 0 Å². The van der Waals surface area contributed by atoms with Crippen LogP contribution in [-0.2, 0) is 4.74 Å². The third kappa shape index (κ3) is 2.86. The van der Waals surface area contributed by atoms with E-state index in [4.69, 9.17) is 14.6 Å². The number of ether oxygens (including phenoxy) is 2. The molecule has 0 bridgehead atoms. The quantitative estimate of drug-likeness (QED) is 0.565. The number of Topliss-reactive ketones (excluding diaryl/α,β-unsaturated/α-hetero) is 1. The molecule has 0 saturated carbocycles. The lowest BCUT2D eigenvalue weighted by molar-refractivity contribution is -0.116. The van der Waals surface area contributed by atoms with Gasteiger partial charge in [0.05, 0.1) is 12.2 Å². The molecule has 0 aliphatic carbocycles. The molecular weight excluding hydrogens is 280 g/mol. The van der Waals surface area contributed by atoms with Gasteiger partial charge in [-0.25, -0.2) is 0 Å². The van der Waals surface area contributed by atoms with Gasteiger partial charge in [-0.05, 0) is 26.0 Å². The molecule has 1 fully saturated rings. The van der Waals surface area contributed by atoms with Gasteiger partial charge < -0.3 is 29.9 Å². The van der Waals surface area contributed by atoms with Crippen molar-refractivity contribution in [1.82, 2.24) is 0 Å². The van der Waals surface area contributed by atoms with Crippen LogP contribution in [0, 0.1) is 6.92 Å². The van der Waals surface area contributed by atoms with E-state index in [-0.39, 0.29) is 22.8 Å². The van der Waals surface area contributed by atoms with Crippen molar-refractivity contribution >= 4 is 5.78 Å². The highest BCUT2D eigenvalue weighted by atomic mass is 16.7. The fraction of sp³-hybridized carbons (Fsp3) is 0.500. The van der Waals surface area contributed by atoms with Crippen molar-refractivity contribution in [1.29, 1.82) is 0 Å². The van der Waals surface area contributed by atoms with Crippen LogP contribution in [-0.4, -0.2) is 57.4 Å². The highest BCUT2D eigenvalue weighted by molar-refractivity contribution is 5.97. The molecule has 0 amide bonds. The average molecular weight is 298 g/mol. The highest BCUT2D eigenvalue weighted by Gasteiger charge is 2.44. The third-order valence-electron chi connectivity index (χ3n) is 3.50. The molecule has 1 saturated heterocycles. The minimum absolute atomic E-state index is 0.168. The molecule has 1 aromatic rings. The molecule has 4 N–H and O–H groups in total. The first-order chi connectivity index (χ1) is 9.86. The van der Waals surface area contributed by atoms with Crippen LogP contribution < -0.4 is 4.74 Å². The molecule has 1 aromatic carbocycles. The SMILES string of the molecule is CC(=O)c1ccc(O[C@H]2O[C@H](CO)[C@@H](O)[C@H]2O)c(C)c1O. The van der Waals surface area contributed by atoms with Crippen LogP contribution in [0.5, 0.6) is 11.5 Å². The lowest BCUT2D eigenvalue weighted by Gasteiger charge is -2.19. The number of aliphatic hydroxyl groups excluding tert-OH is 3. The Bertz CT molecular complexity index is 542. The third-order valence-corrected chi connectivity index (χ3v) is 3.50. The molecule has 21 heavy (non-hydrogen) atoms. The summed E-state index contributed by atoms with van der Waals surface area (Å²) in [6, 6.07) is 2.88. The number of ketones is 1. The summed E-state index contributed by atoms with van der Waals surface area (Å²) < 4.78 is 10.6. The van der Waals surface area contributed by atoms with Crippen molar-refractivity contribution in [3.63, 3.8) is 0 Å². The summed E-state index contributed by atoms with van der Waals surface area (Å²) in [5.74, 6) is -0.269. The first-order valence-electron chi connectivity index (χ1n) is 6.49. The second-order valence-corrected chi connectivity index (χ2v) is 4.97. The largest absolute Gasteiger partial charge is 0.507 e. The number of phenols is 1. The van der Waals surface area contributed by atoms with Crippen molar-refractivity contribution in [2.75, 3.05) is 6.61 Å². The Kier molecular flexibility index (Phi) is 4.48. The molecule has 2 rings (SSSR count). The maximum absolute atomic E-state index is 11.3. The van der Waals surface area contributed by atoms with Gasteiger partial charge in [0.2, 0.25) is 6.29 Å². The molecule has 116 valence electrons. The van der Waals surface area contributed by atoms with Gasteiger partial charge in [0.1, 0.15) is 29.8 Å². The Hall–Kier alpha value is -1.67. The zero-order valence-electron chi connectivity index (χ0n) is 11.7. The van der Waals surface area contributed by atoms with Gasteiger partial charge >= 0.3 is 0 Å². The van der Waals surface area contributed by atoms with Crippen LogP contribution >= 0.6 is 0 Å². The Morgan fingerprint density at radius 1 is 1.33 bits per heavy atom. The zero-order chi connectivity index (χ0) is 15.7. The second-order valence-electron chi connectivity index (χ2n) is 4.97. The van der Waals surface area contributed by atoms with Gasteiger partial charge in [0.25, 0.3) is 0 Å². The van der Waals surface area contributed by atoms with Crippen molar-refractivity contribution in [2.24, 2.45) is 0 Å². The average Bonchev–Trinajstić information content (AvgIpc) is 2.71. The topological polar surface area (TPSA) is 116 Å². The fourth-order valence-corrected chi connectivity index (χ4v) is 2.18. The van der Waals surface area contributed by atoms with Crippen LogP contribution in [0.15, 0.2) is 12.1 Å². The predicted octanol–water partition coefficient (Wildman–Crippen LogP) is -0.279. The Morgan fingerprint density at radius 2 is 2.00 bits per heavy atom. The number of carbonyl (C=O) groups excluding carboxylic acids is 1. The Balaban J connectivity index is 2.21. The smallest absolute Gasteiger partial charge is 0.229 e. The van der Waals surface area contributed by atoms with Crippen LogP contribution in [0.25, 0.3) is 0 Å². The van der Waals surface area contributed by atoms with E-state index in [0.29, 0.717) is 5.56 Å². The normalized spacial score (nSPS) is 28.6. The number of phenolic OH excluding ortho intramolecular Hbond substituents is 1. The fourth-order valence-electron chi connectivity index (χ4n) is 2.18. The number of hydrogen-bond acceptors (Lipinski definition) is 7. The summed E-state index contributed by atoms with van der Waals surface area (Å²) in [5.41, 5.74) is 0.487. The van der Waals surface area contributed by atoms with Gasteiger partial charge in [-0.2, -0.15) is 0 Å². The van der Waals surface area contributed by atoms with E-state index in [1.807, 2.05) is 0 Å². The molecule has 4 atom stereocenters. The van der Waals surface area contributed by atoms with Crippen LogP contribution in [0.1, 0.15) is 22.8 Å². The lowest BCUT2D eigenvalue weighted by atomic mass is 10.1. The van der Waals surface area contributed by atoms with Crippen molar-refractivity contribution < 1.29 is 34.7 Å². The first kappa shape index (κ1) is 15.7. The van der Waals surface area contributed by atoms with Gasteiger partial charge in [0.15, 0.2) is 5.78 Å². The minimum Gasteiger partial charge on any atom is -0.507 e. The standard InChI is InChI=1S/C14H18O7/c1-6-9(4-3-8(7(2)16)11(6)17)20-14-13(19)12(18)10(5-15)21-14/h3-4,10,12-15,17-19H,5H2,1-2H3/t10-,12-,13-,14+/m1/s1. The summed E-state index contributed by atoms with van der Waals surface area (Å²) >= 11 is 0. The Labute approximate surface area is 121 Å². The minimum atomic E-state index is -1.32. The number of rotatable bonds is 4. The number of hydrogen-bond donors (Lipinski definition) is 4. The maximum Gasteiger partial charge on any atom is 0.229 e. The summed E-state index contributed by atoms with van der Waals surface area (Å²) in [7, 11) is 0. The van der Waals surface area contributed by atoms with E-state index in [1.165, 1.54) is 19.1 Å². The second kappa shape index (κ2) is 5.98. The monoisotopic (exact) mass is 298 g/mol. The van der Waals surface area contributed by atoms with Crippen LogP contribution in [0.4, 0.5) is 0 Å². The number of benzene rings is 1. The maximum atomic E-state index is 11.3. The van der Waals surface area contributed by atoms with Crippen molar-refractivity contribution in [3.8, 4) is 11.5 Å². The summed E-state index contributed by atoms with van der Waals surface area (Å²) in [5, 5.41) is 38.4. The summed E-state index contributed by atoms with van der Waals surface area (Å²) in [4.78, 5) is 11.3. The molecule has 1 aliphatic rings. The molecule has 0 radical (unpaired) electrons. The molecule has 7 nitrogen and oxygen atoms in total. The van der Waals surface area contributed by atoms with Crippen molar-refractivity contribution in [3.05, 3.63) is 23.3 Å². The van der Waals surface area contributed by atoms with E-state index < -0.39 is 31.2 Å². The van der Waals surface area contributed by atoms with E-state index >= 15 is 0 Å². The number of aromatic hydroxyl groups is 1. The van der Waals surface area contributed by atoms with Crippen LogP contribution in [0.2, 0.25) is 0 Å². The molecule has 7 heteroatoms. The zero-order valence-corrected chi connectivity index (χ0v) is 11.7. The van der Waals surface area contributed by atoms with Gasteiger partial charge in [-0.15, -0.1) is 0 Å². The molecule has 0 spiro atoms. The molecule has 1 aliphatic heterocycles. The molecule has 0 unspecified atom stereocenters. The molecule has 1 heterocycles. The number of carbonyl (C=O) groups is 1. The van der Waals surface area contributed by atoms with E-state index in [2.05, 4.69) is 0 Å². The Morgan fingerprint density at radius 3 is 2.52 bits per heavy atom. The van der Waals surface area contributed by atoms with E-state index in [1.54, 1.807) is 6.92 Å². The first-order valence-corrected chi connectivity index (χ1v) is 6.49. The summed E-state index contributed by atoms with van der Waals surface area (Å²) in [6.07, 6.45) is -4.68. The van der Waals surface area contributed by atoms with E-state index in [9.17, 15) is 20.1 Å². The molecule has 0 aromatic heterocycles.